The summed E-state index contributed by atoms with van der Waals surface area (Å²) >= 11 is 0. The van der Waals surface area contributed by atoms with Gasteiger partial charge in [-0.3, -0.25) is 9.69 Å². The first-order valence-corrected chi connectivity index (χ1v) is 11.3. The third-order valence-corrected chi connectivity index (χ3v) is 7.26. The molecular weight excluding hydrogens is 364 g/mol. The highest BCUT2D eigenvalue weighted by Gasteiger charge is 2.30. The first-order valence-electron chi connectivity index (χ1n) is 11.3. The van der Waals surface area contributed by atoms with Crippen LogP contribution in [-0.2, 0) is 4.79 Å². The zero-order chi connectivity index (χ0) is 20.4. The zero-order valence-electron chi connectivity index (χ0n) is 18.3. The third kappa shape index (κ3) is 4.65. The summed E-state index contributed by atoms with van der Waals surface area (Å²) in [7, 11) is 1.86. The molecule has 2 aliphatic heterocycles. The Morgan fingerprint density at radius 2 is 1.52 bits per heavy atom. The number of hydrogen-bond acceptors (Lipinski definition) is 6. The second-order valence-electron chi connectivity index (χ2n) is 9.31. The quantitative estimate of drug-likeness (QED) is 0.771. The van der Waals surface area contributed by atoms with Gasteiger partial charge < -0.3 is 14.7 Å². The van der Waals surface area contributed by atoms with Crippen LogP contribution in [0.15, 0.2) is 12.4 Å². The molecule has 160 valence electrons. The molecule has 29 heavy (non-hydrogen) atoms. The second kappa shape index (κ2) is 8.86. The first-order chi connectivity index (χ1) is 14.0. The minimum atomic E-state index is 0.150. The molecule has 0 aromatic carbocycles. The minimum absolute atomic E-state index is 0.150. The maximum absolute atomic E-state index is 12.0. The molecule has 1 aromatic heterocycles. The number of rotatable bonds is 4. The number of hydrogen-bond donors (Lipinski definition) is 0. The van der Waals surface area contributed by atoms with E-state index in [2.05, 4.69) is 44.6 Å². The lowest BCUT2D eigenvalue weighted by atomic mass is 9.79. The van der Waals surface area contributed by atoms with Crippen LogP contribution in [0, 0.1) is 11.8 Å². The predicted octanol–water partition coefficient (Wildman–Crippen LogP) is 2.09. The molecule has 0 N–H and O–H groups in total. The van der Waals surface area contributed by atoms with E-state index in [9.17, 15) is 4.79 Å². The van der Waals surface area contributed by atoms with Crippen LogP contribution in [0.5, 0.6) is 0 Å². The Kier molecular flexibility index (Phi) is 6.23. The molecule has 4 rings (SSSR count). The Hall–Kier alpha value is -1.89. The summed E-state index contributed by atoms with van der Waals surface area (Å²) in [6.45, 7) is 11.0. The fourth-order valence-corrected chi connectivity index (χ4v) is 5.09. The highest BCUT2D eigenvalue weighted by Crippen LogP contribution is 2.32. The fourth-order valence-electron chi connectivity index (χ4n) is 5.09. The predicted molar refractivity (Wildman–Crippen MR) is 116 cm³/mol. The summed E-state index contributed by atoms with van der Waals surface area (Å²) in [5.74, 6) is 3.76. The van der Waals surface area contributed by atoms with E-state index >= 15 is 0 Å². The molecule has 0 bridgehead atoms. The monoisotopic (exact) mass is 400 g/mol. The molecule has 0 radical (unpaired) electrons. The molecule has 1 saturated carbocycles. The fraction of sp³-hybridized carbons (Fsp3) is 0.773. The highest BCUT2D eigenvalue weighted by atomic mass is 16.2. The number of anilines is 2. The Morgan fingerprint density at radius 3 is 2.14 bits per heavy atom. The number of carbonyl (C=O) groups is 1. The molecule has 1 aliphatic carbocycles. The van der Waals surface area contributed by atoms with Crippen molar-refractivity contribution in [1.82, 2.24) is 19.8 Å². The van der Waals surface area contributed by atoms with Gasteiger partial charge in [-0.15, -0.1) is 0 Å². The Morgan fingerprint density at radius 1 is 0.897 bits per heavy atom. The molecule has 1 aromatic rings. The van der Waals surface area contributed by atoms with Gasteiger partial charge in [0, 0.05) is 58.4 Å². The summed E-state index contributed by atoms with van der Waals surface area (Å²) in [6, 6.07) is 2.83. The van der Waals surface area contributed by atoms with Crippen molar-refractivity contribution in [3.8, 4) is 0 Å². The molecule has 0 unspecified atom stereocenters. The van der Waals surface area contributed by atoms with Crippen LogP contribution >= 0.6 is 0 Å². The number of likely N-dealkylation sites (N-methyl/N-ethyl adjacent to an activating group) is 1. The number of carbonyl (C=O) groups excluding carboxylic acids is 1. The maximum Gasteiger partial charge on any atom is 0.241 e. The van der Waals surface area contributed by atoms with Gasteiger partial charge in [-0.05, 0) is 37.5 Å². The van der Waals surface area contributed by atoms with Crippen LogP contribution in [0.4, 0.5) is 11.6 Å². The third-order valence-electron chi connectivity index (χ3n) is 7.26. The number of aromatic nitrogens is 2. The van der Waals surface area contributed by atoms with Crippen molar-refractivity contribution >= 4 is 17.5 Å². The van der Waals surface area contributed by atoms with E-state index in [-0.39, 0.29) is 5.91 Å². The summed E-state index contributed by atoms with van der Waals surface area (Å²) < 4.78 is 0. The highest BCUT2D eigenvalue weighted by molar-refractivity contribution is 5.82. The van der Waals surface area contributed by atoms with E-state index in [0.29, 0.717) is 6.54 Å². The average molecular weight is 401 g/mol. The molecular formula is C22H36N6O. The van der Waals surface area contributed by atoms with Crippen molar-refractivity contribution in [2.45, 2.75) is 45.6 Å². The van der Waals surface area contributed by atoms with E-state index in [4.69, 9.17) is 0 Å². The SMILES string of the molecule is CC(C)C1CCC(N2CCN(c3cc(N4CCN(C)C(=O)C4)ncn3)CC2)CC1. The smallest absolute Gasteiger partial charge is 0.241 e. The molecule has 0 atom stereocenters. The molecule has 3 heterocycles. The van der Waals surface area contributed by atoms with Crippen LogP contribution < -0.4 is 9.80 Å². The van der Waals surface area contributed by atoms with Gasteiger partial charge in [-0.2, -0.15) is 0 Å². The van der Waals surface area contributed by atoms with Gasteiger partial charge in [-0.1, -0.05) is 13.8 Å². The largest absolute Gasteiger partial charge is 0.354 e. The number of nitrogens with zero attached hydrogens (tertiary/aromatic N) is 6. The van der Waals surface area contributed by atoms with Gasteiger partial charge >= 0.3 is 0 Å². The standard InChI is InChI=1S/C22H36N6O/c1-17(2)18-4-6-19(7-5-18)26-10-12-27(13-11-26)20-14-21(24-16-23-20)28-9-8-25(3)22(29)15-28/h14,16-19H,4-13,15H2,1-3H3. The molecule has 3 aliphatic rings. The van der Waals surface area contributed by atoms with E-state index in [1.54, 1.807) is 11.2 Å². The summed E-state index contributed by atoms with van der Waals surface area (Å²) in [5, 5.41) is 0. The van der Waals surface area contributed by atoms with Crippen LogP contribution in [0.1, 0.15) is 39.5 Å². The van der Waals surface area contributed by atoms with Crippen molar-refractivity contribution in [1.29, 1.82) is 0 Å². The maximum atomic E-state index is 12.0. The van der Waals surface area contributed by atoms with Gasteiger partial charge in [0.1, 0.15) is 18.0 Å². The summed E-state index contributed by atoms with van der Waals surface area (Å²) in [4.78, 5) is 29.9. The van der Waals surface area contributed by atoms with E-state index in [1.165, 1.54) is 25.7 Å². The summed E-state index contributed by atoms with van der Waals surface area (Å²) in [6.07, 6.45) is 7.14. The van der Waals surface area contributed by atoms with Crippen LogP contribution in [0.3, 0.4) is 0 Å². The molecule has 0 spiro atoms. The average Bonchev–Trinajstić information content (AvgIpc) is 2.76. The minimum Gasteiger partial charge on any atom is -0.354 e. The van der Waals surface area contributed by atoms with Gasteiger partial charge in [0.2, 0.25) is 5.91 Å². The van der Waals surface area contributed by atoms with Crippen molar-refractivity contribution in [3.63, 3.8) is 0 Å². The van der Waals surface area contributed by atoms with Crippen molar-refractivity contribution in [2.75, 3.05) is 62.7 Å². The molecule has 7 heteroatoms. The van der Waals surface area contributed by atoms with E-state index < -0.39 is 0 Å². The molecule has 7 nitrogen and oxygen atoms in total. The first kappa shape index (κ1) is 20.4. The zero-order valence-corrected chi connectivity index (χ0v) is 18.3. The van der Waals surface area contributed by atoms with Crippen LogP contribution in [0.2, 0.25) is 0 Å². The van der Waals surface area contributed by atoms with Gasteiger partial charge in [0.05, 0.1) is 6.54 Å². The topological polar surface area (TPSA) is 55.8 Å². The second-order valence-corrected chi connectivity index (χ2v) is 9.31. The van der Waals surface area contributed by atoms with E-state index in [1.807, 2.05) is 7.05 Å². The Balaban J connectivity index is 1.32. The van der Waals surface area contributed by atoms with Gasteiger partial charge in [-0.25, -0.2) is 9.97 Å². The Bertz CT molecular complexity index is 694. The van der Waals surface area contributed by atoms with Crippen molar-refractivity contribution in [3.05, 3.63) is 12.4 Å². The van der Waals surface area contributed by atoms with Gasteiger partial charge in [0.15, 0.2) is 0 Å². The number of piperazine rings is 2. The van der Waals surface area contributed by atoms with Crippen molar-refractivity contribution in [2.24, 2.45) is 11.8 Å². The van der Waals surface area contributed by atoms with Crippen LogP contribution in [-0.4, -0.2) is 84.6 Å². The summed E-state index contributed by atoms with van der Waals surface area (Å²) in [5.41, 5.74) is 0. The van der Waals surface area contributed by atoms with Crippen LogP contribution in [0.25, 0.3) is 0 Å². The van der Waals surface area contributed by atoms with Crippen molar-refractivity contribution < 1.29 is 4.79 Å². The molecule has 3 fully saturated rings. The molecule has 2 saturated heterocycles. The lowest BCUT2D eigenvalue weighted by Gasteiger charge is -2.43. The normalized spacial score (nSPS) is 27.0. The van der Waals surface area contributed by atoms with Gasteiger partial charge in [0.25, 0.3) is 0 Å². The van der Waals surface area contributed by atoms with E-state index in [0.717, 1.165) is 68.8 Å². The molecule has 1 amide bonds. The number of amides is 1. The lowest BCUT2D eigenvalue weighted by molar-refractivity contribution is -0.129. The Labute approximate surface area is 175 Å². The lowest BCUT2D eigenvalue weighted by Crippen LogP contribution is -2.51.